The molecular formula is C15H23NS. The Balaban J connectivity index is 1.73. The molecule has 1 aliphatic rings. The summed E-state index contributed by atoms with van der Waals surface area (Å²) in [5.41, 5.74) is 1.56. The van der Waals surface area contributed by atoms with E-state index in [1.807, 2.05) is 0 Å². The second kappa shape index (κ2) is 6.46. The average Bonchev–Trinajstić information content (AvgIpc) is 2.77. The first-order valence-corrected chi connectivity index (χ1v) is 7.63. The molecule has 2 atom stereocenters. The quantitative estimate of drug-likeness (QED) is 0.821. The molecule has 2 rings (SSSR count). The van der Waals surface area contributed by atoms with Crippen molar-refractivity contribution < 1.29 is 0 Å². The van der Waals surface area contributed by atoms with Crippen LogP contribution < -0.4 is 5.32 Å². The molecule has 0 radical (unpaired) electrons. The van der Waals surface area contributed by atoms with E-state index in [9.17, 15) is 0 Å². The van der Waals surface area contributed by atoms with E-state index in [1.165, 1.54) is 37.0 Å². The van der Waals surface area contributed by atoms with Crippen LogP contribution in [-0.2, 0) is 6.42 Å². The van der Waals surface area contributed by atoms with E-state index in [2.05, 4.69) is 55.3 Å². The summed E-state index contributed by atoms with van der Waals surface area (Å²) < 4.78 is 0. The number of fused-ring (bicyclic) bond motifs is 1. The number of rotatable bonds is 6. The van der Waals surface area contributed by atoms with Crippen LogP contribution in [0.2, 0.25) is 0 Å². The van der Waals surface area contributed by atoms with Crippen LogP contribution in [0.5, 0.6) is 0 Å². The molecule has 17 heavy (non-hydrogen) atoms. The van der Waals surface area contributed by atoms with E-state index in [4.69, 9.17) is 0 Å². The van der Waals surface area contributed by atoms with Gasteiger partial charge in [0.25, 0.3) is 0 Å². The molecule has 0 aromatic heterocycles. The van der Waals surface area contributed by atoms with E-state index >= 15 is 0 Å². The second-order valence-corrected chi connectivity index (χ2v) is 6.22. The first-order chi connectivity index (χ1) is 8.33. The predicted octanol–water partition coefficient (Wildman–Crippen LogP) is 3.87. The van der Waals surface area contributed by atoms with E-state index in [1.54, 1.807) is 5.56 Å². The second-order valence-electron chi connectivity index (χ2n) is 4.88. The lowest BCUT2D eigenvalue weighted by atomic mass is 10.0. The molecule has 0 amide bonds. The third kappa shape index (κ3) is 3.49. The molecule has 0 saturated heterocycles. The standard InChI is InChI=1S/C15H23NS/c1-3-13(16-2)8-6-9-14-11-12-7-4-5-10-15(12)17-14/h4-5,7,10,13-14,16H,3,6,8-9,11H2,1-2H3. The van der Waals surface area contributed by atoms with Gasteiger partial charge in [-0.3, -0.25) is 0 Å². The van der Waals surface area contributed by atoms with Crippen LogP contribution in [0.1, 0.15) is 38.2 Å². The minimum absolute atomic E-state index is 0.712. The molecule has 0 aliphatic carbocycles. The first-order valence-electron chi connectivity index (χ1n) is 6.75. The fourth-order valence-corrected chi connectivity index (χ4v) is 3.93. The Morgan fingerprint density at radius 1 is 1.41 bits per heavy atom. The average molecular weight is 249 g/mol. The number of benzene rings is 1. The van der Waals surface area contributed by atoms with E-state index in [0.29, 0.717) is 6.04 Å². The molecular weight excluding hydrogens is 226 g/mol. The van der Waals surface area contributed by atoms with Gasteiger partial charge in [0.05, 0.1) is 0 Å². The Bertz CT molecular complexity index is 322. The predicted molar refractivity (Wildman–Crippen MR) is 76.8 cm³/mol. The highest BCUT2D eigenvalue weighted by atomic mass is 32.2. The third-order valence-corrected chi connectivity index (χ3v) is 5.08. The normalized spacial score (nSPS) is 20.2. The van der Waals surface area contributed by atoms with Crippen molar-refractivity contribution in [3.8, 4) is 0 Å². The van der Waals surface area contributed by atoms with Crippen LogP contribution in [0.4, 0.5) is 0 Å². The summed E-state index contributed by atoms with van der Waals surface area (Å²) in [4.78, 5) is 1.51. The summed E-state index contributed by atoms with van der Waals surface area (Å²) in [7, 11) is 2.08. The minimum Gasteiger partial charge on any atom is -0.317 e. The van der Waals surface area contributed by atoms with Gasteiger partial charge in [-0.25, -0.2) is 0 Å². The van der Waals surface area contributed by atoms with Gasteiger partial charge in [0.1, 0.15) is 0 Å². The van der Waals surface area contributed by atoms with Crippen LogP contribution in [0, 0.1) is 0 Å². The van der Waals surface area contributed by atoms with Crippen molar-refractivity contribution in [2.75, 3.05) is 7.05 Å². The molecule has 94 valence electrons. The summed E-state index contributed by atoms with van der Waals surface area (Å²) in [6.07, 6.45) is 6.55. The molecule has 0 fully saturated rings. The van der Waals surface area contributed by atoms with Crippen molar-refractivity contribution in [1.82, 2.24) is 5.32 Å². The first kappa shape index (κ1) is 13.0. The van der Waals surface area contributed by atoms with Crippen molar-refractivity contribution in [3.05, 3.63) is 29.8 Å². The Kier molecular flexibility index (Phi) is 4.93. The molecule has 1 N–H and O–H groups in total. The molecule has 1 nitrogen and oxygen atoms in total. The zero-order valence-corrected chi connectivity index (χ0v) is 11.7. The van der Waals surface area contributed by atoms with E-state index < -0.39 is 0 Å². The van der Waals surface area contributed by atoms with Crippen molar-refractivity contribution in [1.29, 1.82) is 0 Å². The van der Waals surface area contributed by atoms with Crippen molar-refractivity contribution >= 4 is 11.8 Å². The maximum Gasteiger partial charge on any atom is 0.0135 e. The van der Waals surface area contributed by atoms with Crippen LogP contribution in [0.3, 0.4) is 0 Å². The van der Waals surface area contributed by atoms with Crippen molar-refractivity contribution in [3.63, 3.8) is 0 Å². The Morgan fingerprint density at radius 2 is 2.24 bits per heavy atom. The minimum atomic E-state index is 0.712. The zero-order chi connectivity index (χ0) is 12.1. The molecule has 0 saturated carbocycles. The topological polar surface area (TPSA) is 12.0 Å². The molecule has 1 aromatic carbocycles. The summed E-state index contributed by atoms with van der Waals surface area (Å²) >= 11 is 2.08. The lowest BCUT2D eigenvalue weighted by Crippen LogP contribution is -2.24. The number of hydrogen-bond donors (Lipinski definition) is 1. The molecule has 2 unspecified atom stereocenters. The van der Waals surface area contributed by atoms with Crippen LogP contribution in [-0.4, -0.2) is 18.3 Å². The summed E-state index contributed by atoms with van der Waals surface area (Å²) in [5.74, 6) is 0. The molecule has 0 spiro atoms. The number of hydrogen-bond acceptors (Lipinski definition) is 2. The molecule has 1 aromatic rings. The van der Waals surface area contributed by atoms with Crippen molar-refractivity contribution in [2.45, 2.75) is 55.2 Å². The van der Waals surface area contributed by atoms with Gasteiger partial charge in [-0.1, -0.05) is 31.5 Å². The van der Waals surface area contributed by atoms with Gasteiger partial charge in [-0.15, -0.1) is 11.8 Å². The third-order valence-electron chi connectivity index (χ3n) is 3.69. The highest BCUT2D eigenvalue weighted by molar-refractivity contribution is 8.00. The number of nitrogens with one attached hydrogen (secondary N) is 1. The molecule has 0 bridgehead atoms. The van der Waals surface area contributed by atoms with Crippen LogP contribution >= 0.6 is 11.8 Å². The lowest BCUT2D eigenvalue weighted by molar-refractivity contribution is 0.480. The van der Waals surface area contributed by atoms with Gasteiger partial charge >= 0.3 is 0 Å². The molecule has 2 heteroatoms. The largest absolute Gasteiger partial charge is 0.317 e. The highest BCUT2D eigenvalue weighted by Crippen LogP contribution is 2.38. The fraction of sp³-hybridized carbons (Fsp3) is 0.600. The van der Waals surface area contributed by atoms with Gasteiger partial charge in [-0.05, 0) is 44.4 Å². The van der Waals surface area contributed by atoms with Crippen LogP contribution in [0.15, 0.2) is 29.2 Å². The molecule has 1 aliphatic heterocycles. The Morgan fingerprint density at radius 3 is 2.94 bits per heavy atom. The smallest absolute Gasteiger partial charge is 0.0135 e. The highest BCUT2D eigenvalue weighted by Gasteiger charge is 2.21. The van der Waals surface area contributed by atoms with Crippen molar-refractivity contribution in [2.24, 2.45) is 0 Å². The van der Waals surface area contributed by atoms with E-state index in [-0.39, 0.29) is 0 Å². The molecule has 1 heterocycles. The van der Waals surface area contributed by atoms with Gasteiger partial charge < -0.3 is 5.32 Å². The van der Waals surface area contributed by atoms with Gasteiger partial charge in [-0.2, -0.15) is 0 Å². The SMILES string of the molecule is CCC(CCCC1Cc2ccccc2S1)NC. The summed E-state index contributed by atoms with van der Waals surface area (Å²) in [5, 5.41) is 4.21. The summed E-state index contributed by atoms with van der Waals surface area (Å²) in [6.45, 7) is 2.27. The van der Waals surface area contributed by atoms with E-state index in [0.717, 1.165) is 5.25 Å². The monoisotopic (exact) mass is 249 g/mol. The van der Waals surface area contributed by atoms with Gasteiger partial charge in [0.2, 0.25) is 0 Å². The zero-order valence-electron chi connectivity index (χ0n) is 10.9. The van der Waals surface area contributed by atoms with Gasteiger partial charge in [0, 0.05) is 16.2 Å². The summed E-state index contributed by atoms with van der Waals surface area (Å²) in [6, 6.07) is 9.58. The fourth-order valence-electron chi connectivity index (χ4n) is 2.56. The van der Waals surface area contributed by atoms with Crippen LogP contribution in [0.25, 0.3) is 0 Å². The lowest BCUT2D eigenvalue weighted by Gasteiger charge is -2.14. The maximum absolute atomic E-state index is 3.39. The maximum atomic E-state index is 3.39. The van der Waals surface area contributed by atoms with Gasteiger partial charge in [0.15, 0.2) is 0 Å². The Hall–Kier alpha value is -0.470. The Labute approximate surface area is 109 Å². The number of thioether (sulfide) groups is 1.